The maximum atomic E-state index is 12.5. The summed E-state index contributed by atoms with van der Waals surface area (Å²) >= 11 is 0. The lowest BCUT2D eigenvalue weighted by atomic mass is 9.82. The van der Waals surface area contributed by atoms with Crippen LogP contribution in [0.5, 0.6) is 11.5 Å². The normalized spacial score (nSPS) is 15.8. The summed E-state index contributed by atoms with van der Waals surface area (Å²) < 4.78 is 12.8. The number of hydrogen-bond donors (Lipinski definition) is 1. The van der Waals surface area contributed by atoms with Crippen LogP contribution in [0.1, 0.15) is 50.3 Å². The molecular weight excluding hydrogens is 458 g/mol. The molecule has 8 heteroatoms. The molecule has 1 aliphatic heterocycles. The van der Waals surface area contributed by atoms with Crippen LogP contribution in [0.2, 0.25) is 0 Å². The molecule has 1 aliphatic rings. The molecule has 1 aromatic heterocycles. The van der Waals surface area contributed by atoms with Gasteiger partial charge in [0.05, 0.1) is 24.0 Å². The largest absolute Gasteiger partial charge is 0.465 e. The minimum Gasteiger partial charge on any atom is -0.465 e. The van der Waals surface area contributed by atoms with Gasteiger partial charge in [0.1, 0.15) is 11.5 Å². The molecule has 0 radical (unpaired) electrons. The molecule has 0 fully saturated rings. The van der Waals surface area contributed by atoms with E-state index in [-0.39, 0.29) is 23.8 Å². The number of aromatic nitrogens is 2. The fourth-order valence-electron chi connectivity index (χ4n) is 4.28. The molecule has 0 bridgehead atoms. The van der Waals surface area contributed by atoms with Gasteiger partial charge in [0, 0.05) is 6.54 Å². The zero-order valence-corrected chi connectivity index (χ0v) is 21.0. The van der Waals surface area contributed by atoms with Gasteiger partial charge >= 0.3 is 12.1 Å². The summed E-state index contributed by atoms with van der Waals surface area (Å²) in [6, 6.07) is 18.3. The zero-order chi connectivity index (χ0) is 25.9. The third-order valence-electron chi connectivity index (χ3n) is 6.03. The highest BCUT2D eigenvalue weighted by atomic mass is 16.5. The molecule has 3 aromatic rings. The maximum absolute atomic E-state index is 12.5. The Bertz CT molecular complexity index is 1260. The van der Waals surface area contributed by atoms with Gasteiger partial charge in [-0.25, -0.2) is 14.3 Å². The van der Waals surface area contributed by atoms with Crippen molar-refractivity contribution in [3.63, 3.8) is 0 Å². The van der Waals surface area contributed by atoms with Gasteiger partial charge < -0.3 is 19.5 Å². The highest BCUT2D eigenvalue weighted by molar-refractivity contribution is 5.88. The number of ether oxygens (including phenoxy) is 2. The predicted molar refractivity (Wildman–Crippen MR) is 137 cm³/mol. The summed E-state index contributed by atoms with van der Waals surface area (Å²) in [7, 11) is 0. The number of para-hydroxylation sites is 1. The molecule has 0 saturated heterocycles. The average Bonchev–Trinajstić information content (AvgIpc) is 3.30. The minimum absolute atomic E-state index is 0.199. The zero-order valence-electron chi connectivity index (χ0n) is 21.0. The summed E-state index contributed by atoms with van der Waals surface area (Å²) in [5.41, 5.74) is 2.30. The van der Waals surface area contributed by atoms with E-state index in [4.69, 9.17) is 9.47 Å². The van der Waals surface area contributed by atoms with E-state index in [1.165, 1.54) is 4.90 Å². The van der Waals surface area contributed by atoms with Crippen LogP contribution in [0.3, 0.4) is 0 Å². The molecule has 1 unspecified atom stereocenters. The first kappa shape index (κ1) is 25.0. The number of benzene rings is 2. The Labute approximate surface area is 210 Å². The van der Waals surface area contributed by atoms with E-state index in [9.17, 15) is 14.7 Å². The van der Waals surface area contributed by atoms with E-state index < -0.39 is 12.1 Å². The average molecular weight is 490 g/mol. The Morgan fingerprint density at radius 3 is 2.33 bits per heavy atom. The van der Waals surface area contributed by atoms with E-state index in [1.54, 1.807) is 17.7 Å². The Hall–Kier alpha value is -4.07. The summed E-state index contributed by atoms with van der Waals surface area (Å²) in [4.78, 5) is 25.9. The second-order valence-corrected chi connectivity index (χ2v) is 9.68. The monoisotopic (exact) mass is 489 g/mol. The van der Waals surface area contributed by atoms with Crippen LogP contribution in [0.25, 0.3) is 11.3 Å². The molecule has 8 nitrogen and oxygen atoms in total. The number of amides is 1. The number of nitrogens with zero attached hydrogens (tertiary/aromatic N) is 3. The highest BCUT2D eigenvalue weighted by Gasteiger charge is 2.35. The quantitative estimate of drug-likeness (QED) is 0.425. The topological polar surface area (TPSA) is 93.9 Å². The number of carbonyl (C=O) groups excluding carboxylic acids is 1. The van der Waals surface area contributed by atoms with Crippen LogP contribution in [0.15, 0.2) is 66.7 Å². The van der Waals surface area contributed by atoms with Gasteiger partial charge in [-0.2, -0.15) is 5.10 Å². The Morgan fingerprint density at radius 1 is 1.06 bits per heavy atom. The van der Waals surface area contributed by atoms with Crippen molar-refractivity contribution in [1.29, 1.82) is 0 Å². The number of rotatable bonds is 6. The van der Waals surface area contributed by atoms with E-state index >= 15 is 0 Å². The SMILES string of the molecule is CCOC(=O)c1cc(C2=CC(C(C)(C)C)N(C(=O)O)CC2)n(-c2ccc(Oc3ccccc3)cc2)n1. The summed E-state index contributed by atoms with van der Waals surface area (Å²) in [5, 5.41) is 14.3. The standard InChI is InChI=1S/C28H31N3O5/c1-5-35-26(32)23-18-24(19-15-16-30(27(33)34)25(17-19)28(2,3)4)31(29-23)20-11-13-22(14-12-20)36-21-9-7-6-8-10-21/h6-14,17-18,25H,5,15-16H2,1-4H3,(H,33,34). The number of carboxylic acid groups (broad SMARTS) is 1. The molecule has 0 aliphatic carbocycles. The van der Waals surface area contributed by atoms with Crippen molar-refractivity contribution in [1.82, 2.24) is 14.7 Å². The Kier molecular flexibility index (Phi) is 7.15. The minimum atomic E-state index is -0.944. The van der Waals surface area contributed by atoms with Crippen molar-refractivity contribution in [3.8, 4) is 17.2 Å². The van der Waals surface area contributed by atoms with Crippen LogP contribution in [0, 0.1) is 5.41 Å². The molecule has 2 heterocycles. The van der Waals surface area contributed by atoms with E-state index in [0.29, 0.717) is 18.7 Å². The number of hydrogen-bond acceptors (Lipinski definition) is 5. The van der Waals surface area contributed by atoms with Crippen LogP contribution in [-0.4, -0.2) is 51.0 Å². The van der Waals surface area contributed by atoms with Crippen molar-refractivity contribution in [2.45, 2.75) is 40.2 Å². The highest BCUT2D eigenvalue weighted by Crippen LogP contribution is 2.35. The molecule has 4 rings (SSSR count). The molecule has 36 heavy (non-hydrogen) atoms. The van der Waals surface area contributed by atoms with Crippen LogP contribution in [0.4, 0.5) is 4.79 Å². The summed E-state index contributed by atoms with van der Waals surface area (Å²) in [6.07, 6.45) is 1.54. The molecule has 1 N–H and O–H groups in total. The molecule has 2 aromatic carbocycles. The van der Waals surface area contributed by atoms with Crippen molar-refractivity contribution in [2.75, 3.05) is 13.2 Å². The maximum Gasteiger partial charge on any atom is 0.407 e. The van der Waals surface area contributed by atoms with Gasteiger partial charge in [0.2, 0.25) is 0 Å². The third kappa shape index (κ3) is 5.43. The summed E-state index contributed by atoms with van der Waals surface area (Å²) in [6.45, 7) is 8.39. The second kappa shape index (κ2) is 10.3. The van der Waals surface area contributed by atoms with Gasteiger partial charge in [0.25, 0.3) is 0 Å². The Morgan fingerprint density at radius 2 is 1.72 bits per heavy atom. The molecule has 0 spiro atoms. The number of esters is 1. The van der Waals surface area contributed by atoms with Gasteiger partial charge in [-0.15, -0.1) is 0 Å². The van der Waals surface area contributed by atoms with Crippen molar-refractivity contribution >= 4 is 17.6 Å². The van der Waals surface area contributed by atoms with E-state index in [0.717, 1.165) is 22.7 Å². The van der Waals surface area contributed by atoms with E-state index in [2.05, 4.69) is 5.10 Å². The lowest BCUT2D eigenvalue weighted by Crippen LogP contribution is -2.48. The molecule has 1 amide bonds. The van der Waals surface area contributed by atoms with Crippen LogP contribution < -0.4 is 4.74 Å². The lowest BCUT2D eigenvalue weighted by molar-refractivity contribution is 0.0519. The van der Waals surface area contributed by atoms with Gasteiger partial charge in [-0.1, -0.05) is 45.0 Å². The molecular formula is C28H31N3O5. The van der Waals surface area contributed by atoms with Gasteiger partial charge in [-0.05, 0) is 66.8 Å². The van der Waals surface area contributed by atoms with Crippen molar-refractivity contribution in [2.24, 2.45) is 5.41 Å². The lowest BCUT2D eigenvalue weighted by Gasteiger charge is -2.40. The smallest absolute Gasteiger partial charge is 0.407 e. The fourth-order valence-corrected chi connectivity index (χ4v) is 4.28. The fraction of sp³-hybridized carbons (Fsp3) is 0.321. The Balaban J connectivity index is 1.73. The van der Waals surface area contributed by atoms with Crippen molar-refractivity contribution < 1.29 is 24.2 Å². The van der Waals surface area contributed by atoms with Crippen LogP contribution >= 0.6 is 0 Å². The predicted octanol–water partition coefficient (Wildman–Crippen LogP) is 6.02. The van der Waals surface area contributed by atoms with Crippen molar-refractivity contribution in [3.05, 3.63) is 78.1 Å². The van der Waals surface area contributed by atoms with Crippen LogP contribution in [-0.2, 0) is 4.74 Å². The first-order chi connectivity index (χ1) is 17.2. The van der Waals surface area contributed by atoms with Gasteiger partial charge in [-0.3, -0.25) is 0 Å². The number of carbonyl (C=O) groups is 2. The van der Waals surface area contributed by atoms with E-state index in [1.807, 2.05) is 81.4 Å². The second-order valence-electron chi connectivity index (χ2n) is 9.68. The first-order valence-electron chi connectivity index (χ1n) is 12.0. The molecule has 1 atom stereocenters. The summed E-state index contributed by atoms with van der Waals surface area (Å²) in [5.74, 6) is 0.904. The first-order valence-corrected chi connectivity index (χ1v) is 12.0. The van der Waals surface area contributed by atoms with Gasteiger partial charge in [0.15, 0.2) is 5.69 Å². The third-order valence-corrected chi connectivity index (χ3v) is 6.03. The molecule has 0 saturated carbocycles. The molecule has 188 valence electrons.